The fourth-order valence-corrected chi connectivity index (χ4v) is 1.52. The van der Waals surface area contributed by atoms with Crippen LogP contribution in [0.1, 0.15) is 23.0 Å². The van der Waals surface area contributed by atoms with Crippen molar-refractivity contribution in [2.45, 2.75) is 6.92 Å². The van der Waals surface area contributed by atoms with Crippen LogP contribution in [0.25, 0.3) is 0 Å². The molecule has 0 saturated heterocycles. The molecule has 0 fully saturated rings. The zero-order valence-electron chi connectivity index (χ0n) is 11.4. The average molecular weight is 286 g/mol. The molecule has 108 valence electrons. The first kappa shape index (κ1) is 14.4. The second-order valence-corrected chi connectivity index (χ2v) is 3.95. The summed E-state index contributed by atoms with van der Waals surface area (Å²) >= 11 is 0. The summed E-state index contributed by atoms with van der Waals surface area (Å²) in [4.78, 5) is 19.3. The Labute approximate surface area is 121 Å². The highest BCUT2D eigenvalue weighted by Crippen LogP contribution is 2.26. The molecule has 1 heterocycles. The van der Waals surface area contributed by atoms with E-state index >= 15 is 0 Å². The molecule has 2 N–H and O–H groups in total. The molecule has 0 unspecified atom stereocenters. The van der Waals surface area contributed by atoms with Gasteiger partial charge in [0.2, 0.25) is 0 Å². The lowest BCUT2D eigenvalue weighted by molar-refractivity contribution is 0.0949. The number of ether oxygens (including phenoxy) is 1. The summed E-state index contributed by atoms with van der Waals surface area (Å²) in [5.41, 5.74) is 3.19. The van der Waals surface area contributed by atoms with E-state index in [1.807, 2.05) is 6.92 Å². The lowest BCUT2D eigenvalue weighted by atomic mass is 10.2. The first-order valence-corrected chi connectivity index (χ1v) is 6.26. The van der Waals surface area contributed by atoms with Crippen LogP contribution in [0.15, 0.2) is 41.9 Å². The van der Waals surface area contributed by atoms with E-state index in [0.717, 1.165) is 0 Å². The van der Waals surface area contributed by atoms with Crippen LogP contribution in [0.2, 0.25) is 0 Å². The highest BCUT2D eigenvalue weighted by molar-refractivity contribution is 5.92. The van der Waals surface area contributed by atoms with Crippen molar-refractivity contribution in [1.29, 1.82) is 0 Å². The van der Waals surface area contributed by atoms with E-state index in [1.165, 1.54) is 30.9 Å². The number of carbonyl (C=O) groups is 1. The average Bonchev–Trinajstić information content (AvgIpc) is 2.51. The van der Waals surface area contributed by atoms with Crippen LogP contribution in [0.5, 0.6) is 11.5 Å². The van der Waals surface area contributed by atoms with Gasteiger partial charge in [-0.15, -0.1) is 0 Å². The first-order chi connectivity index (χ1) is 10.2. The Kier molecular flexibility index (Phi) is 4.81. The number of benzene rings is 1. The molecule has 0 atom stereocenters. The van der Waals surface area contributed by atoms with Crippen LogP contribution >= 0.6 is 0 Å². The summed E-state index contributed by atoms with van der Waals surface area (Å²) in [5, 5.41) is 13.4. The van der Waals surface area contributed by atoms with E-state index in [2.05, 4.69) is 20.5 Å². The molecule has 2 rings (SSSR count). The number of hydrazone groups is 1. The van der Waals surface area contributed by atoms with Crippen molar-refractivity contribution in [1.82, 2.24) is 15.4 Å². The zero-order chi connectivity index (χ0) is 15.1. The van der Waals surface area contributed by atoms with Gasteiger partial charge in [-0.2, -0.15) is 5.10 Å². The Morgan fingerprint density at radius 3 is 3.05 bits per heavy atom. The Morgan fingerprint density at radius 1 is 1.48 bits per heavy atom. The van der Waals surface area contributed by atoms with E-state index in [1.54, 1.807) is 12.1 Å². The Morgan fingerprint density at radius 2 is 2.33 bits per heavy atom. The molecule has 2 aromatic rings. The quantitative estimate of drug-likeness (QED) is 0.638. The molecule has 7 heteroatoms. The van der Waals surface area contributed by atoms with Gasteiger partial charge in [-0.1, -0.05) is 0 Å². The number of hydrogen-bond donors (Lipinski definition) is 2. The number of amides is 1. The number of rotatable bonds is 5. The summed E-state index contributed by atoms with van der Waals surface area (Å²) in [6.07, 6.45) is 5.69. The lowest BCUT2D eigenvalue weighted by Gasteiger charge is -2.05. The van der Waals surface area contributed by atoms with E-state index in [9.17, 15) is 9.90 Å². The van der Waals surface area contributed by atoms with Gasteiger partial charge in [0.05, 0.1) is 19.0 Å². The van der Waals surface area contributed by atoms with Gasteiger partial charge < -0.3 is 9.84 Å². The summed E-state index contributed by atoms with van der Waals surface area (Å²) in [6, 6.07) is 4.77. The molecule has 7 nitrogen and oxygen atoms in total. The summed E-state index contributed by atoms with van der Waals surface area (Å²) < 4.78 is 5.26. The number of aromatic nitrogens is 2. The molecule has 0 aliphatic carbocycles. The van der Waals surface area contributed by atoms with Crippen molar-refractivity contribution in [2.24, 2.45) is 5.10 Å². The highest BCUT2D eigenvalue weighted by atomic mass is 16.5. The van der Waals surface area contributed by atoms with Crippen molar-refractivity contribution in [2.75, 3.05) is 6.61 Å². The lowest BCUT2D eigenvalue weighted by Crippen LogP contribution is -2.19. The third-order valence-corrected chi connectivity index (χ3v) is 2.46. The summed E-state index contributed by atoms with van der Waals surface area (Å²) in [7, 11) is 0. The van der Waals surface area contributed by atoms with Gasteiger partial charge in [0.1, 0.15) is 5.69 Å². The number of nitrogens with one attached hydrogen (secondary N) is 1. The number of carbonyl (C=O) groups excluding carboxylic acids is 1. The fourth-order valence-electron chi connectivity index (χ4n) is 1.52. The van der Waals surface area contributed by atoms with Crippen molar-refractivity contribution >= 4 is 12.1 Å². The third kappa shape index (κ3) is 4.00. The van der Waals surface area contributed by atoms with E-state index in [-0.39, 0.29) is 11.4 Å². The smallest absolute Gasteiger partial charge is 0.291 e. The molecule has 21 heavy (non-hydrogen) atoms. The number of phenolic OH excluding ortho intramolecular Hbond substituents is 1. The number of hydrogen-bond acceptors (Lipinski definition) is 6. The van der Waals surface area contributed by atoms with E-state index in [4.69, 9.17) is 4.74 Å². The van der Waals surface area contributed by atoms with Crippen LogP contribution < -0.4 is 10.2 Å². The van der Waals surface area contributed by atoms with Gasteiger partial charge in [-0.05, 0) is 30.7 Å². The molecule has 1 aromatic heterocycles. The molecule has 0 aliphatic heterocycles. The molecule has 0 bridgehead atoms. The molecular weight excluding hydrogens is 272 g/mol. The summed E-state index contributed by atoms with van der Waals surface area (Å²) in [6.45, 7) is 2.26. The van der Waals surface area contributed by atoms with Crippen molar-refractivity contribution in [3.05, 3.63) is 48.0 Å². The Hall–Kier alpha value is -2.96. The van der Waals surface area contributed by atoms with Crippen LogP contribution in [-0.2, 0) is 0 Å². The molecular formula is C14H14N4O3. The predicted octanol–water partition coefficient (Wildman–Crippen LogP) is 1.34. The molecule has 1 aromatic carbocycles. The van der Waals surface area contributed by atoms with Gasteiger partial charge in [0.25, 0.3) is 5.91 Å². The van der Waals surface area contributed by atoms with Crippen molar-refractivity contribution < 1.29 is 14.6 Å². The Bertz CT molecular complexity index is 644. The van der Waals surface area contributed by atoms with Crippen molar-refractivity contribution in [3.8, 4) is 11.5 Å². The van der Waals surface area contributed by atoms with Crippen LogP contribution in [-0.4, -0.2) is 33.8 Å². The maximum atomic E-state index is 11.7. The van der Waals surface area contributed by atoms with Gasteiger partial charge in [0, 0.05) is 12.4 Å². The maximum Gasteiger partial charge on any atom is 0.291 e. The van der Waals surface area contributed by atoms with Crippen molar-refractivity contribution in [3.63, 3.8) is 0 Å². The van der Waals surface area contributed by atoms with Crippen LogP contribution in [0, 0.1) is 0 Å². The highest BCUT2D eigenvalue weighted by Gasteiger charge is 2.05. The van der Waals surface area contributed by atoms with E-state index < -0.39 is 5.91 Å². The molecule has 1 amide bonds. The first-order valence-electron chi connectivity index (χ1n) is 6.26. The fraction of sp³-hybridized carbons (Fsp3) is 0.143. The number of nitrogens with zero attached hydrogens (tertiary/aromatic N) is 3. The van der Waals surface area contributed by atoms with Gasteiger partial charge in [0.15, 0.2) is 11.5 Å². The molecule has 0 saturated carbocycles. The second-order valence-electron chi connectivity index (χ2n) is 3.95. The standard InChI is InChI=1S/C14H14N4O3/c1-2-21-13-7-10(3-4-12(13)19)8-17-18-14(20)11-9-15-5-6-16-11/h3-9,19H,2H2,1H3,(H,18,20)/b17-8+. The molecule has 0 spiro atoms. The van der Waals surface area contributed by atoms with Gasteiger partial charge >= 0.3 is 0 Å². The third-order valence-electron chi connectivity index (χ3n) is 2.46. The SMILES string of the molecule is CCOc1cc(/C=N/NC(=O)c2cnccn2)ccc1O. The zero-order valence-corrected chi connectivity index (χ0v) is 11.4. The predicted molar refractivity (Wildman–Crippen MR) is 76.4 cm³/mol. The minimum atomic E-state index is -0.455. The largest absolute Gasteiger partial charge is 0.504 e. The van der Waals surface area contributed by atoms with Crippen LogP contribution in [0.3, 0.4) is 0 Å². The minimum Gasteiger partial charge on any atom is -0.504 e. The summed E-state index contributed by atoms with van der Waals surface area (Å²) in [5.74, 6) is -0.0394. The maximum absolute atomic E-state index is 11.7. The number of aromatic hydroxyl groups is 1. The Balaban J connectivity index is 2.01. The normalized spacial score (nSPS) is 10.5. The van der Waals surface area contributed by atoms with Gasteiger partial charge in [-0.3, -0.25) is 9.78 Å². The monoisotopic (exact) mass is 286 g/mol. The van der Waals surface area contributed by atoms with Gasteiger partial charge in [-0.25, -0.2) is 10.4 Å². The van der Waals surface area contributed by atoms with Crippen LogP contribution in [0.4, 0.5) is 0 Å². The topological polar surface area (TPSA) is 96.7 Å². The molecule has 0 aliphatic rings. The molecule has 0 radical (unpaired) electrons. The number of phenols is 1. The minimum absolute atomic E-state index is 0.0533. The second kappa shape index (κ2) is 6.99. The van der Waals surface area contributed by atoms with E-state index in [0.29, 0.717) is 17.9 Å².